The van der Waals surface area contributed by atoms with Gasteiger partial charge in [0.2, 0.25) is 11.8 Å². The van der Waals surface area contributed by atoms with E-state index in [1.165, 1.54) is 6.08 Å². The van der Waals surface area contributed by atoms with Crippen LogP contribution in [-0.2, 0) is 16.1 Å². The van der Waals surface area contributed by atoms with Crippen LogP contribution >= 0.6 is 0 Å². The van der Waals surface area contributed by atoms with Crippen molar-refractivity contribution in [1.29, 1.82) is 5.26 Å². The molecule has 2 N–H and O–H groups in total. The maximum Gasteiger partial charge on any atom is 0.248 e. The lowest BCUT2D eigenvalue weighted by Crippen LogP contribution is -2.21. The lowest BCUT2D eigenvalue weighted by atomic mass is 9.96. The van der Waals surface area contributed by atoms with E-state index in [1.54, 1.807) is 24.3 Å². The zero-order chi connectivity index (χ0) is 16.6. The largest absolute Gasteiger partial charge is 0.351 e. The number of hydrogen-bond acceptors (Lipinski definition) is 3. The predicted octanol–water partition coefficient (Wildman–Crippen LogP) is 2.76. The molecule has 0 aliphatic rings. The van der Waals surface area contributed by atoms with E-state index in [-0.39, 0.29) is 23.7 Å². The number of hydrogen-bond donors (Lipinski definition) is 2. The maximum atomic E-state index is 11.8. The van der Waals surface area contributed by atoms with Crippen LogP contribution in [-0.4, -0.2) is 11.8 Å². The molecule has 0 aliphatic carbocycles. The van der Waals surface area contributed by atoms with Crippen molar-refractivity contribution in [3.63, 3.8) is 0 Å². The minimum atomic E-state index is -0.315. The molecule has 5 heteroatoms. The number of amides is 2. The number of carbonyl (C=O) groups excluding carboxylic acids is 2. The van der Waals surface area contributed by atoms with Crippen molar-refractivity contribution in [1.82, 2.24) is 5.32 Å². The van der Waals surface area contributed by atoms with Gasteiger partial charge < -0.3 is 10.6 Å². The standard InChI is InChI=1S/C17H21N3O2/c1-17(2,3)9-7-16(22)20-14-6-4-5-13(11-14)12-19-15(21)8-10-18/h4-7,9,11H,8,12H2,1-3H3,(H,19,21)(H,20,22)/b9-7+. The number of nitrogens with zero attached hydrogens (tertiary/aromatic N) is 1. The summed E-state index contributed by atoms with van der Waals surface area (Å²) >= 11 is 0. The van der Waals surface area contributed by atoms with E-state index in [2.05, 4.69) is 10.6 Å². The Balaban J connectivity index is 2.61. The molecule has 116 valence electrons. The van der Waals surface area contributed by atoms with Gasteiger partial charge in [0.1, 0.15) is 6.42 Å². The molecule has 0 saturated carbocycles. The van der Waals surface area contributed by atoms with E-state index in [9.17, 15) is 9.59 Å². The van der Waals surface area contributed by atoms with Gasteiger partial charge in [-0.3, -0.25) is 9.59 Å². The van der Waals surface area contributed by atoms with Crippen molar-refractivity contribution in [2.75, 3.05) is 5.32 Å². The zero-order valence-electron chi connectivity index (χ0n) is 13.1. The van der Waals surface area contributed by atoms with E-state index >= 15 is 0 Å². The molecule has 22 heavy (non-hydrogen) atoms. The van der Waals surface area contributed by atoms with Gasteiger partial charge in [-0.15, -0.1) is 0 Å². The first-order chi connectivity index (χ1) is 10.3. The Morgan fingerprint density at radius 2 is 2.05 bits per heavy atom. The molecule has 0 radical (unpaired) electrons. The maximum absolute atomic E-state index is 11.8. The number of nitrogens with one attached hydrogen (secondary N) is 2. The summed E-state index contributed by atoms with van der Waals surface area (Å²) in [5.41, 5.74) is 1.46. The van der Waals surface area contributed by atoms with Crippen molar-refractivity contribution in [2.24, 2.45) is 5.41 Å². The van der Waals surface area contributed by atoms with Gasteiger partial charge in [0.15, 0.2) is 0 Å². The van der Waals surface area contributed by atoms with E-state index in [4.69, 9.17) is 5.26 Å². The molecular weight excluding hydrogens is 278 g/mol. The molecule has 0 spiro atoms. The number of rotatable bonds is 5. The summed E-state index contributed by atoms with van der Waals surface area (Å²) in [6.07, 6.45) is 3.20. The number of nitriles is 1. The monoisotopic (exact) mass is 299 g/mol. The Labute approximate surface area is 131 Å². The lowest BCUT2D eigenvalue weighted by molar-refractivity contribution is -0.120. The van der Waals surface area contributed by atoms with Gasteiger partial charge >= 0.3 is 0 Å². The summed E-state index contributed by atoms with van der Waals surface area (Å²) in [5, 5.41) is 13.8. The van der Waals surface area contributed by atoms with E-state index in [0.29, 0.717) is 12.2 Å². The second kappa shape index (κ2) is 7.99. The molecule has 0 saturated heterocycles. The van der Waals surface area contributed by atoms with E-state index in [0.717, 1.165) is 5.56 Å². The summed E-state index contributed by atoms with van der Waals surface area (Å²) in [4.78, 5) is 23.1. The smallest absolute Gasteiger partial charge is 0.248 e. The molecule has 1 aromatic rings. The van der Waals surface area contributed by atoms with Gasteiger partial charge in [-0.1, -0.05) is 39.0 Å². The Morgan fingerprint density at radius 3 is 2.68 bits per heavy atom. The Morgan fingerprint density at radius 1 is 1.32 bits per heavy atom. The Bertz CT molecular complexity index is 607. The third-order valence-corrected chi connectivity index (χ3v) is 2.66. The van der Waals surface area contributed by atoms with Gasteiger partial charge in [-0.2, -0.15) is 5.26 Å². The van der Waals surface area contributed by atoms with Gasteiger partial charge in [0.25, 0.3) is 0 Å². The molecule has 0 fully saturated rings. The molecule has 0 aromatic heterocycles. The van der Waals surface area contributed by atoms with Crippen LogP contribution in [0.3, 0.4) is 0 Å². The van der Waals surface area contributed by atoms with Gasteiger partial charge in [0, 0.05) is 12.2 Å². The molecule has 0 bridgehead atoms. The highest BCUT2D eigenvalue weighted by Crippen LogP contribution is 2.15. The predicted molar refractivity (Wildman–Crippen MR) is 85.7 cm³/mol. The lowest BCUT2D eigenvalue weighted by Gasteiger charge is -2.11. The summed E-state index contributed by atoms with van der Waals surface area (Å²) in [6.45, 7) is 6.37. The minimum absolute atomic E-state index is 0.0514. The number of benzene rings is 1. The highest BCUT2D eigenvalue weighted by atomic mass is 16.2. The molecule has 1 aromatic carbocycles. The fourth-order valence-corrected chi connectivity index (χ4v) is 1.60. The number of allylic oxidation sites excluding steroid dienone is 1. The number of carbonyl (C=O) groups is 2. The van der Waals surface area contributed by atoms with Gasteiger partial charge in [-0.25, -0.2) is 0 Å². The fourth-order valence-electron chi connectivity index (χ4n) is 1.60. The third kappa shape index (κ3) is 7.25. The van der Waals surface area contributed by atoms with Crippen LogP contribution in [0.2, 0.25) is 0 Å². The SMILES string of the molecule is CC(C)(C)/C=C/C(=O)Nc1cccc(CNC(=O)CC#N)c1. The van der Waals surface area contributed by atoms with Crippen molar-refractivity contribution in [3.8, 4) is 6.07 Å². The molecule has 1 rings (SSSR count). The summed E-state index contributed by atoms with van der Waals surface area (Å²) in [5.74, 6) is -0.509. The van der Waals surface area contributed by atoms with Crippen LogP contribution in [0.25, 0.3) is 0 Å². The second-order valence-corrected chi connectivity index (χ2v) is 6.00. The van der Waals surface area contributed by atoms with Crippen LogP contribution in [0.1, 0.15) is 32.8 Å². The summed E-state index contributed by atoms with van der Waals surface area (Å²) < 4.78 is 0. The molecule has 2 amide bonds. The highest BCUT2D eigenvalue weighted by molar-refractivity contribution is 5.99. The van der Waals surface area contributed by atoms with Crippen LogP contribution in [0, 0.1) is 16.7 Å². The fraction of sp³-hybridized carbons (Fsp3) is 0.353. The molecular formula is C17H21N3O2. The molecule has 5 nitrogen and oxygen atoms in total. The second-order valence-electron chi connectivity index (χ2n) is 6.00. The van der Waals surface area contributed by atoms with Crippen molar-refractivity contribution in [3.05, 3.63) is 42.0 Å². The van der Waals surface area contributed by atoms with Crippen LogP contribution in [0.15, 0.2) is 36.4 Å². The third-order valence-electron chi connectivity index (χ3n) is 2.66. The molecule has 0 atom stereocenters. The average Bonchev–Trinajstić information content (AvgIpc) is 2.43. The minimum Gasteiger partial charge on any atom is -0.351 e. The summed E-state index contributed by atoms with van der Waals surface area (Å²) in [6, 6.07) is 9.00. The Kier molecular flexibility index (Phi) is 6.33. The molecule has 0 unspecified atom stereocenters. The zero-order valence-corrected chi connectivity index (χ0v) is 13.1. The van der Waals surface area contributed by atoms with Gasteiger partial charge in [-0.05, 0) is 29.2 Å². The number of anilines is 1. The normalized spacial score (nSPS) is 11.0. The van der Waals surface area contributed by atoms with Crippen molar-refractivity contribution >= 4 is 17.5 Å². The molecule has 0 heterocycles. The van der Waals surface area contributed by atoms with Crippen LogP contribution in [0.4, 0.5) is 5.69 Å². The first kappa shape index (κ1) is 17.4. The van der Waals surface area contributed by atoms with Crippen LogP contribution in [0.5, 0.6) is 0 Å². The van der Waals surface area contributed by atoms with E-state index < -0.39 is 0 Å². The molecule has 0 aliphatic heterocycles. The first-order valence-electron chi connectivity index (χ1n) is 7.03. The van der Waals surface area contributed by atoms with Crippen molar-refractivity contribution < 1.29 is 9.59 Å². The highest BCUT2D eigenvalue weighted by Gasteiger charge is 2.06. The van der Waals surface area contributed by atoms with Crippen LogP contribution < -0.4 is 10.6 Å². The van der Waals surface area contributed by atoms with E-state index in [1.807, 2.05) is 32.9 Å². The first-order valence-corrected chi connectivity index (χ1v) is 7.03. The average molecular weight is 299 g/mol. The Hall–Kier alpha value is -2.61. The summed E-state index contributed by atoms with van der Waals surface area (Å²) in [7, 11) is 0. The quantitative estimate of drug-likeness (QED) is 0.820. The van der Waals surface area contributed by atoms with Crippen molar-refractivity contribution in [2.45, 2.75) is 33.7 Å². The van der Waals surface area contributed by atoms with Gasteiger partial charge in [0.05, 0.1) is 6.07 Å². The topological polar surface area (TPSA) is 82.0 Å².